The Bertz CT molecular complexity index is 426. The fraction of sp³-hybridized carbons (Fsp3) is 0.909. The van der Waals surface area contributed by atoms with Gasteiger partial charge in [0.15, 0.2) is 0 Å². The average molecular weight is 291 g/mol. The maximum atomic E-state index is 12.1. The van der Waals surface area contributed by atoms with Gasteiger partial charge in [-0.3, -0.25) is 0 Å². The second kappa shape index (κ2) is 5.64. The Kier molecular flexibility index (Phi) is 4.32. The third-order valence-corrected chi connectivity index (χ3v) is 5.34. The molecule has 0 aromatic heterocycles. The molecule has 19 heavy (non-hydrogen) atoms. The van der Waals surface area contributed by atoms with Crippen LogP contribution in [0.1, 0.15) is 25.7 Å². The predicted octanol–water partition coefficient (Wildman–Crippen LogP) is 0.0528. The smallest absolute Gasteiger partial charge is 0.421 e. The highest BCUT2D eigenvalue weighted by molar-refractivity contribution is 7.87. The molecule has 110 valence electrons. The highest BCUT2D eigenvalue weighted by Gasteiger charge is 2.40. The lowest BCUT2D eigenvalue weighted by Crippen LogP contribution is -2.55. The zero-order valence-corrected chi connectivity index (χ0v) is 12.0. The molecule has 2 fully saturated rings. The van der Waals surface area contributed by atoms with E-state index in [0.29, 0.717) is 13.1 Å². The Balaban J connectivity index is 2.06. The molecule has 2 N–H and O–H groups in total. The van der Waals surface area contributed by atoms with Crippen molar-refractivity contribution in [1.82, 2.24) is 14.3 Å². The summed E-state index contributed by atoms with van der Waals surface area (Å²) in [5, 5.41) is 3.34. The summed E-state index contributed by atoms with van der Waals surface area (Å²) in [6.45, 7) is 2.76. The van der Waals surface area contributed by atoms with Crippen LogP contribution in [0.2, 0.25) is 0 Å². The summed E-state index contributed by atoms with van der Waals surface area (Å²) in [4.78, 5) is 11.1. The lowest BCUT2D eigenvalue weighted by molar-refractivity contribution is 0.109. The quantitative estimate of drug-likeness (QED) is 0.751. The van der Waals surface area contributed by atoms with Gasteiger partial charge in [0.1, 0.15) is 0 Å². The maximum absolute atomic E-state index is 12.1. The Morgan fingerprint density at radius 3 is 2.74 bits per heavy atom. The molecule has 2 heterocycles. The molecule has 2 aliphatic heterocycles. The summed E-state index contributed by atoms with van der Waals surface area (Å²) in [6.07, 6.45) is 3.01. The molecule has 2 saturated heterocycles. The summed E-state index contributed by atoms with van der Waals surface area (Å²) >= 11 is 0. The maximum Gasteiger partial charge on any atom is 0.421 e. The lowest BCUT2D eigenvalue weighted by Gasteiger charge is -2.44. The number of piperidine rings is 2. The predicted molar refractivity (Wildman–Crippen MR) is 69.8 cm³/mol. The summed E-state index contributed by atoms with van der Waals surface area (Å²) in [7, 11) is -2.64. The Morgan fingerprint density at radius 2 is 2.11 bits per heavy atom. The number of ether oxygens (including phenoxy) is 1. The van der Waals surface area contributed by atoms with Crippen molar-refractivity contribution in [3.63, 3.8) is 0 Å². The SMILES string of the molecule is COC(=O)NS(=O)(=O)N1CCCC2(CCCNC2)C1. The lowest BCUT2D eigenvalue weighted by atomic mass is 9.75. The second-order valence-electron chi connectivity index (χ2n) is 5.32. The first-order valence-electron chi connectivity index (χ1n) is 6.54. The summed E-state index contributed by atoms with van der Waals surface area (Å²) in [5.74, 6) is 0. The van der Waals surface area contributed by atoms with E-state index in [-0.39, 0.29) is 5.41 Å². The van der Waals surface area contributed by atoms with Crippen LogP contribution in [0.15, 0.2) is 0 Å². The number of hydrogen-bond donors (Lipinski definition) is 2. The summed E-state index contributed by atoms with van der Waals surface area (Å²) < 4.78 is 31.8. The summed E-state index contributed by atoms with van der Waals surface area (Å²) in [6, 6.07) is 0. The largest absolute Gasteiger partial charge is 0.452 e. The molecular formula is C11H21N3O4S. The fourth-order valence-corrected chi connectivity index (χ4v) is 4.19. The molecule has 8 heteroatoms. The number of hydrogen-bond acceptors (Lipinski definition) is 5. The third kappa shape index (κ3) is 3.37. The first-order valence-corrected chi connectivity index (χ1v) is 7.98. The monoisotopic (exact) mass is 291 g/mol. The molecule has 1 amide bonds. The number of rotatable bonds is 2. The van der Waals surface area contributed by atoms with E-state index in [0.717, 1.165) is 45.9 Å². The van der Waals surface area contributed by atoms with Gasteiger partial charge in [0, 0.05) is 19.6 Å². The van der Waals surface area contributed by atoms with Crippen molar-refractivity contribution in [2.24, 2.45) is 5.41 Å². The molecule has 0 radical (unpaired) electrons. The van der Waals surface area contributed by atoms with Gasteiger partial charge in [-0.05, 0) is 37.6 Å². The fourth-order valence-electron chi connectivity index (χ4n) is 2.96. The molecule has 0 aliphatic carbocycles. The van der Waals surface area contributed by atoms with E-state index in [4.69, 9.17) is 0 Å². The third-order valence-electron chi connectivity index (χ3n) is 3.92. The average Bonchev–Trinajstić information content (AvgIpc) is 2.39. The molecule has 0 saturated carbocycles. The Labute approximate surface area is 113 Å². The van der Waals surface area contributed by atoms with Crippen LogP contribution in [0.25, 0.3) is 0 Å². The first kappa shape index (κ1) is 14.5. The summed E-state index contributed by atoms with van der Waals surface area (Å²) in [5.41, 5.74) is 0.0152. The van der Waals surface area contributed by atoms with Crippen molar-refractivity contribution in [1.29, 1.82) is 0 Å². The number of carbonyl (C=O) groups excluding carboxylic acids is 1. The number of nitrogens with one attached hydrogen (secondary N) is 2. The minimum atomic E-state index is -3.79. The van der Waals surface area contributed by atoms with Gasteiger partial charge in [-0.1, -0.05) is 0 Å². The zero-order valence-electron chi connectivity index (χ0n) is 11.1. The van der Waals surface area contributed by atoms with Crippen LogP contribution >= 0.6 is 0 Å². The van der Waals surface area contributed by atoms with Crippen LogP contribution in [0.4, 0.5) is 4.79 Å². The molecule has 1 spiro atoms. The van der Waals surface area contributed by atoms with Crippen LogP contribution in [0, 0.1) is 5.41 Å². The number of methoxy groups -OCH3 is 1. The van der Waals surface area contributed by atoms with Crippen LogP contribution < -0.4 is 10.0 Å². The van der Waals surface area contributed by atoms with E-state index in [9.17, 15) is 13.2 Å². The Hall–Kier alpha value is -0.860. The molecule has 0 aromatic rings. The molecule has 0 aromatic carbocycles. The number of amides is 1. The second-order valence-corrected chi connectivity index (χ2v) is 6.99. The van der Waals surface area contributed by atoms with Gasteiger partial charge >= 0.3 is 16.3 Å². The van der Waals surface area contributed by atoms with Gasteiger partial charge in [-0.15, -0.1) is 0 Å². The van der Waals surface area contributed by atoms with Crippen LogP contribution in [-0.4, -0.2) is 52.1 Å². The molecule has 2 rings (SSSR count). The number of carbonyl (C=O) groups is 1. The van der Waals surface area contributed by atoms with Crippen LogP contribution in [0.5, 0.6) is 0 Å². The first-order chi connectivity index (χ1) is 8.97. The van der Waals surface area contributed by atoms with Crippen molar-refractivity contribution in [2.75, 3.05) is 33.3 Å². The van der Waals surface area contributed by atoms with Crippen molar-refractivity contribution in [3.8, 4) is 0 Å². The molecule has 1 unspecified atom stereocenters. The number of nitrogens with zero attached hydrogens (tertiary/aromatic N) is 1. The topological polar surface area (TPSA) is 87.7 Å². The van der Waals surface area contributed by atoms with Gasteiger partial charge in [0.25, 0.3) is 0 Å². The van der Waals surface area contributed by atoms with E-state index >= 15 is 0 Å². The van der Waals surface area contributed by atoms with E-state index in [1.807, 2.05) is 4.72 Å². The van der Waals surface area contributed by atoms with Crippen molar-refractivity contribution >= 4 is 16.3 Å². The molecule has 7 nitrogen and oxygen atoms in total. The van der Waals surface area contributed by atoms with Gasteiger partial charge in [0.2, 0.25) is 0 Å². The van der Waals surface area contributed by atoms with Gasteiger partial charge in [-0.25, -0.2) is 9.52 Å². The molecule has 2 aliphatic rings. The van der Waals surface area contributed by atoms with E-state index in [1.165, 1.54) is 4.31 Å². The minimum absolute atomic E-state index is 0.0152. The van der Waals surface area contributed by atoms with Gasteiger partial charge in [-0.2, -0.15) is 12.7 Å². The van der Waals surface area contributed by atoms with Gasteiger partial charge < -0.3 is 10.1 Å². The zero-order chi connectivity index (χ0) is 13.9. The minimum Gasteiger partial charge on any atom is -0.452 e. The van der Waals surface area contributed by atoms with Crippen molar-refractivity contribution in [2.45, 2.75) is 25.7 Å². The van der Waals surface area contributed by atoms with Crippen LogP contribution in [0.3, 0.4) is 0 Å². The van der Waals surface area contributed by atoms with E-state index in [1.54, 1.807) is 0 Å². The van der Waals surface area contributed by atoms with Crippen molar-refractivity contribution in [3.05, 3.63) is 0 Å². The molecule has 0 bridgehead atoms. The van der Waals surface area contributed by atoms with E-state index < -0.39 is 16.3 Å². The van der Waals surface area contributed by atoms with E-state index in [2.05, 4.69) is 10.1 Å². The Morgan fingerprint density at radius 1 is 1.37 bits per heavy atom. The standard InChI is InChI=1S/C11H21N3O4S/c1-18-10(15)13-19(16,17)14-7-3-5-11(9-14)4-2-6-12-8-11/h12H,2-9H2,1H3,(H,13,15). The molecular weight excluding hydrogens is 270 g/mol. The normalized spacial score (nSPS) is 29.1. The van der Waals surface area contributed by atoms with Gasteiger partial charge in [0.05, 0.1) is 7.11 Å². The highest BCUT2D eigenvalue weighted by atomic mass is 32.2. The van der Waals surface area contributed by atoms with Crippen LogP contribution in [-0.2, 0) is 14.9 Å². The highest BCUT2D eigenvalue weighted by Crippen LogP contribution is 2.36. The van der Waals surface area contributed by atoms with Crippen molar-refractivity contribution < 1.29 is 17.9 Å². The molecule has 1 atom stereocenters.